The number of aryl methyl sites for hydroxylation is 1. The van der Waals surface area contributed by atoms with Crippen molar-refractivity contribution in [2.75, 3.05) is 19.0 Å². The number of carbonyl (C=O) groups excluding carboxylic acids is 1. The SMILES string of the molecule is COc1ccc(CCN[C@@H](C(=O)Nc2ccc(C)cc2)c2ccccc2)cc1. The fourth-order valence-electron chi connectivity index (χ4n) is 3.01. The molecule has 3 aromatic carbocycles. The predicted molar refractivity (Wildman–Crippen MR) is 114 cm³/mol. The van der Waals surface area contributed by atoms with Gasteiger partial charge in [-0.3, -0.25) is 4.79 Å². The third-order valence-electron chi connectivity index (χ3n) is 4.64. The summed E-state index contributed by atoms with van der Waals surface area (Å²) in [6.07, 6.45) is 0.825. The largest absolute Gasteiger partial charge is 0.497 e. The Balaban J connectivity index is 1.66. The van der Waals surface area contributed by atoms with Crippen LogP contribution in [0.3, 0.4) is 0 Å². The first kappa shape index (κ1) is 19.6. The smallest absolute Gasteiger partial charge is 0.246 e. The molecule has 1 amide bonds. The first-order valence-electron chi connectivity index (χ1n) is 9.44. The van der Waals surface area contributed by atoms with Gasteiger partial charge in [-0.1, -0.05) is 60.2 Å². The van der Waals surface area contributed by atoms with E-state index in [1.54, 1.807) is 7.11 Å². The lowest BCUT2D eigenvalue weighted by Crippen LogP contribution is -2.34. The molecule has 4 heteroatoms. The molecule has 4 nitrogen and oxygen atoms in total. The summed E-state index contributed by atoms with van der Waals surface area (Å²) in [6, 6.07) is 25.2. The van der Waals surface area contributed by atoms with E-state index in [2.05, 4.69) is 10.6 Å². The van der Waals surface area contributed by atoms with E-state index in [0.717, 1.165) is 29.0 Å². The van der Waals surface area contributed by atoms with Crippen molar-refractivity contribution in [3.05, 3.63) is 95.6 Å². The summed E-state index contributed by atoms with van der Waals surface area (Å²) in [6.45, 7) is 2.71. The number of rotatable bonds is 8. The molecule has 0 aromatic heterocycles. The number of nitrogens with one attached hydrogen (secondary N) is 2. The Morgan fingerprint density at radius 3 is 2.25 bits per heavy atom. The molecule has 0 aliphatic heterocycles. The number of methoxy groups -OCH3 is 1. The molecule has 0 heterocycles. The summed E-state index contributed by atoms with van der Waals surface area (Å²) in [5, 5.41) is 6.41. The summed E-state index contributed by atoms with van der Waals surface area (Å²) in [4.78, 5) is 12.9. The average Bonchev–Trinajstić information content (AvgIpc) is 2.74. The van der Waals surface area contributed by atoms with Gasteiger partial charge >= 0.3 is 0 Å². The normalized spacial score (nSPS) is 11.6. The highest BCUT2D eigenvalue weighted by molar-refractivity contribution is 5.95. The van der Waals surface area contributed by atoms with Crippen molar-refractivity contribution < 1.29 is 9.53 Å². The fraction of sp³-hybridized carbons (Fsp3) is 0.208. The van der Waals surface area contributed by atoms with Crippen LogP contribution < -0.4 is 15.4 Å². The van der Waals surface area contributed by atoms with Crippen LogP contribution in [0.5, 0.6) is 5.75 Å². The number of ether oxygens (including phenoxy) is 1. The minimum absolute atomic E-state index is 0.0650. The van der Waals surface area contributed by atoms with Crippen LogP contribution in [0.15, 0.2) is 78.9 Å². The molecule has 3 aromatic rings. The Hall–Kier alpha value is -3.11. The number of amides is 1. The van der Waals surface area contributed by atoms with Crippen LogP contribution in [-0.2, 0) is 11.2 Å². The van der Waals surface area contributed by atoms with Gasteiger partial charge in [-0.05, 0) is 48.7 Å². The number of hydrogen-bond donors (Lipinski definition) is 2. The molecule has 1 atom stereocenters. The van der Waals surface area contributed by atoms with E-state index >= 15 is 0 Å². The van der Waals surface area contributed by atoms with Gasteiger partial charge in [-0.15, -0.1) is 0 Å². The van der Waals surface area contributed by atoms with Crippen LogP contribution >= 0.6 is 0 Å². The van der Waals surface area contributed by atoms with Gasteiger partial charge in [0.2, 0.25) is 5.91 Å². The monoisotopic (exact) mass is 374 g/mol. The lowest BCUT2D eigenvalue weighted by atomic mass is 10.1. The predicted octanol–water partition coefficient (Wildman–Crippen LogP) is 4.52. The Morgan fingerprint density at radius 2 is 1.61 bits per heavy atom. The lowest BCUT2D eigenvalue weighted by molar-refractivity contribution is -0.118. The molecule has 0 saturated heterocycles. The van der Waals surface area contributed by atoms with Crippen molar-refractivity contribution in [1.29, 1.82) is 0 Å². The average molecular weight is 374 g/mol. The van der Waals surface area contributed by atoms with Gasteiger partial charge < -0.3 is 15.4 Å². The second kappa shape index (κ2) is 9.72. The molecule has 0 saturated carbocycles. The number of carbonyl (C=O) groups is 1. The standard InChI is InChI=1S/C24H26N2O2/c1-18-8-12-21(13-9-18)26-24(27)23(20-6-4-3-5-7-20)25-17-16-19-10-14-22(28-2)15-11-19/h3-15,23,25H,16-17H2,1-2H3,(H,26,27)/t23-/m1/s1. The summed E-state index contributed by atoms with van der Waals surface area (Å²) >= 11 is 0. The second-order valence-corrected chi connectivity index (χ2v) is 6.75. The zero-order valence-corrected chi connectivity index (χ0v) is 16.3. The third-order valence-corrected chi connectivity index (χ3v) is 4.64. The zero-order valence-electron chi connectivity index (χ0n) is 16.3. The molecule has 0 aliphatic carbocycles. The molecule has 144 valence electrons. The summed E-state index contributed by atoms with van der Waals surface area (Å²) in [7, 11) is 1.66. The van der Waals surface area contributed by atoms with E-state index in [4.69, 9.17) is 4.74 Å². The van der Waals surface area contributed by atoms with Crippen molar-refractivity contribution in [3.8, 4) is 5.75 Å². The van der Waals surface area contributed by atoms with Crippen LogP contribution in [0.4, 0.5) is 5.69 Å². The van der Waals surface area contributed by atoms with E-state index in [9.17, 15) is 4.79 Å². The van der Waals surface area contributed by atoms with Crippen molar-refractivity contribution in [2.45, 2.75) is 19.4 Å². The molecule has 2 N–H and O–H groups in total. The van der Waals surface area contributed by atoms with Gasteiger partial charge in [0.15, 0.2) is 0 Å². The van der Waals surface area contributed by atoms with Gasteiger partial charge in [-0.25, -0.2) is 0 Å². The van der Waals surface area contributed by atoms with Crippen molar-refractivity contribution >= 4 is 11.6 Å². The Kier molecular flexibility index (Phi) is 6.82. The van der Waals surface area contributed by atoms with Gasteiger partial charge in [0.1, 0.15) is 11.8 Å². The maximum Gasteiger partial charge on any atom is 0.246 e. The summed E-state index contributed by atoms with van der Waals surface area (Å²) in [5.41, 5.74) is 4.10. The highest BCUT2D eigenvalue weighted by Gasteiger charge is 2.19. The molecule has 28 heavy (non-hydrogen) atoms. The third kappa shape index (κ3) is 5.44. The molecular formula is C24H26N2O2. The quantitative estimate of drug-likeness (QED) is 0.610. The zero-order chi connectivity index (χ0) is 19.8. The molecule has 0 spiro atoms. The highest BCUT2D eigenvalue weighted by atomic mass is 16.5. The number of anilines is 1. The fourth-order valence-corrected chi connectivity index (χ4v) is 3.01. The van der Waals surface area contributed by atoms with E-state index in [0.29, 0.717) is 6.54 Å². The molecular weight excluding hydrogens is 348 g/mol. The van der Waals surface area contributed by atoms with Gasteiger partial charge in [-0.2, -0.15) is 0 Å². The van der Waals surface area contributed by atoms with Gasteiger partial charge in [0.25, 0.3) is 0 Å². The molecule has 0 unspecified atom stereocenters. The second-order valence-electron chi connectivity index (χ2n) is 6.75. The summed E-state index contributed by atoms with van der Waals surface area (Å²) in [5.74, 6) is 0.779. The summed E-state index contributed by atoms with van der Waals surface area (Å²) < 4.78 is 5.20. The minimum atomic E-state index is -0.416. The molecule has 0 radical (unpaired) electrons. The van der Waals surface area contributed by atoms with E-state index in [-0.39, 0.29) is 5.91 Å². The lowest BCUT2D eigenvalue weighted by Gasteiger charge is -2.19. The first-order chi connectivity index (χ1) is 13.7. The van der Waals surface area contributed by atoms with Crippen LogP contribution in [0.2, 0.25) is 0 Å². The van der Waals surface area contributed by atoms with E-state index in [1.807, 2.05) is 85.8 Å². The van der Waals surface area contributed by atoms with Crippen LogP contribution in [0.25, 0.3) is 0 Å². The molecule has 3 rings (SSSR count). The van der Waals surface area contributed by atoms with E-state index in [1.165, 1.54) is 5.56 Å². The van der Waals surface area contributed by atoms with Crippen LogP contribution in [-0.4, -0.2) is 19.6 Å². The molecule has 0 fully saturated rings. The highest BCUT2D eigenvalue weighted by Crippen LogP contribution is 2.17. The van der Waals surface area contributed by atoms with Crippen molar-refractivity contribution in [1.82, 2.24) is 5.32 Å². The number of benzene rings is 3. The Morgan fingerprint density at radius 1 is 0.929 bits per heavy atom. The topological polar surface area (TPSA) is 50.4 Å². The molecule has 0 aliphatic rings. The van der Waals surface area contributed by atoms with Crippen molar-refractivity contribution in [3.63, 3.8) is 0 Å². The maximum absolute atomic E-state index is 12.9. The molecule has 0 bridgehead atoms. The van der Waals surface area contributed by atoms with E-state index < -0.39 is 6.04 Å². The maximum atomic E-state index is 12.9. The van der Waals surface area contributed by atoms with Crippen LogP contribution in [0.1, 0.15) is 22.7 Å². The minimum Gasteiger partial charge on any atom is -0.497 e. The van der Waals surface area contributed by atoms with Crippen molar-refractivity contribution in [2.24, 2.45) is 0 Å². The first-order valence-corrected chi connectivity index (χ1v) is 9.44. The van der Waals surface area contributed by atoms with Crippen LogP contribution in [0, 0.1) is 6.92 Å². The Labute approximate surface area is 166 Å². The Bertz CT molecular complexity index is 875. The van der Waals surface area contributed by atoms with Gasteiger partial charge in [0.05, 0.1) is 7.11 Å². The number of hydrogen-bond acceptors (Lipinski definition) is 3. The van der Waals surface area contributed by atoms with Gasteiger partial charge in [0, 0.05) is 12.2 Å².